The fraction of sp³-hybridized carbons (Fsp3) is 0.238. The van der Waals surface area contributed by atoms with E-state index in [9.17, 15) is 13.2 Å². The molecule has 3 rings (SSSR count). The van der Waals surface area contributed by atoms with Crippen LogP contribution in [0.4, 0.5) is 0 Å². The average molecular weight is 476 g/mol. The van der Waals surface area contributed by atoms with Crippen LogP contribution in [0.3, 0.4) is 0 Å². The second kappa shape index (κ2) is 9.96. The molecule has 29 heavy (non-hydrogen) atoms. The SMILES string of the molecule is O=C(N/N=C\C(Br)=C\c1ccccc1)c1cccc(S(=O)(=O)N2CCCCC2)c1. The largest absolute Gasteiger partial charge is 0.271 e. The molecule has 0 saturated carbocycles. The normalized spacial score (nSPS) is 16.1. The third-order valence-corrected chi connectivity index (χ3v) is 6.84. The molecule has 0 bridgehead atoms. The molecule has 2 aromatic rings. The van der Waals surface area contributed by atoms with Gasteiger partial charge in [0.2, 0.25) is 10.0 Å². The van der Waals surface area contributed by atoms with E-state index >= 15 is 0 Å². The summed E-state index contributed by atoms with van der Waals surface area (Å²) in [6.45, 7) is 1.04. The number of carbonyl (C=O) groups excluding carboxylic acids is 1. The molecule has 1 amide bonds. The third-order valence-electron chi connectivity index (χ3n) is 4.51. The van der Waals surface area contributed by atoms with Gasteiger partial charge in [0.25, 0.3) is 5.91 Å². The number of hydrogen-bond donors (Lipinski definition) is 1. The van der Waals surface area contributed by atoms with Crippen molar-refractivity contribution in [1.29, 1.82) is 0 Å². The monoisotopic (exact) mass is 475 g/mol. The summed E-state index contributed by atoms with van der Waals surface area (Å²) in [4.78, 5) is 12.5. The molecule has 0 unspecified atom stereocenters. The molecule has 6 nitrogen and oxygen atoms in total. The molecule has 0 aliphatic carbocycles. The Labute approximate surface area is 179 Å². The highest BCUT2D eigenvalue weighted by Gasteiger charge is 2.26. The van der Waals surface area contributed by atoms with Gasteiger partial charge in [0, 0.05) is 23.1 Å². The van der Waals surface area contributed by atoms with Crippen LogP contribution in [-0.4, -0.2) is 37.9 Å². The molecular weight excluding hydrogens is 454 g/mol. The number of hydrazone groups is 1. The number of carbonyl (C=O) groups is 1. The van der Waals surface area contributed by atoms with E-state index < -0.39 is 15.9 Å². The Bertz CT molecular complexity index is 1010. The number of benzene rings is 2. The van der Waals surface area contributed by atoms with Gasteiger partial charge in [0.05, 0.1) is 11.1 Å². The van der Waals surface area contributed by atoms with E-state index in [-0.39, 0.29) is 10.5 Å². The number of piperidine rings is 1. The molecule has 152 valence electrons. The van der Waals surface area contributed by atoms with E-state index in [2.05, 4.69) is 26.5 Å². The van der Waals surface area contributed by atoms with Crippen LogP contribution in [0.5, 0.6) is 0 Å². The second-order valence-electron chi connectivity index (χ2n) is 6.63. The highest BCUT2D eigenvalue weighted by atomic mass is 79.9. The van der Waals surface area contributed by atoms with E-state index in [0.717, 1.165) is 24.8 Å². The Kier molecular flexibility index (Phi) is 7.35. The number of halogens is 1. The standard InChI is InChI=1S/C21H22BrN3O3S/c22-19(14-17-8-3-1-4-9-17)16-23-24-21(26)18-10-7-11-20(15-18)29(27,28)25-12-5-2-6-13-25/h1,3-4,7-11,14-16H,2,5-6,12-13H2,(H,24,26)/b19-14-,23-16-. The van der Waals surface area contributed by atoms with Crippen LogP contribution in [-0.2, 0) is 10.0 Å². The Morgan fingerprint density at radius 3 is 2.48 bits per heavy atom. The minimum atomic E-state index is -3.59. The zero-order valence-electron chi connectivity index (χ0n) is 15.8. The fourth-order valence-corrected chi connectivity index (χ4v) is 4.95. The molecule has 0 radical (unpaired) electrons. The predicted octanol–water partition coefficient (Wildman–Crippen LogP) is 4.01. The van der Waals surface area contributed by atoms with Gasteiger partial charge in [-0.2, -0.15) is 9.41 Å². The molecule has 1 aliphatic heterocycles. The summed E-state index contributed by atoms with van der Waals surface area (Å²) in [5.74, 6) is -0.475. The van der Waals surface area contributed by atoms with Crippen LogP contribution in [0.2, 0.25) is 0 Å². The third kappa shape index (κ3) is 5.85. The minimum Gasteiger partial charge on any atom is -0.267 e. The summed E-state index contributed by atoms with van der Waals surface area (Å²) in [5.41, 5.74) is 3.66. The highest BCUT2D eigenvalue weighted by molar-refractivity contribution is 9.12. The summed E-state index contributed by atoms with van der Waals surface area (Å²) in [5, 5.41) is 3.93. The highest BCUT2D eigenvalue weighted by Crippen LogP contribution is 2.21. The van der Waals surface area contributed by atoms with Crippen molar-refractivity contribution < 1.29 is 13.2 Å². The number of allylic oxidation sites excluding steroid dienone is 1. The van der Waals surface area contributed by atoms with Crippen LogP contribution in [0.1, 0.15) is 35.2 Å². The number of hydrogen-bond acceptors (Lipinski definition) is 4. The lowest BCUT2D eigenvalue weighted by molar-refractivity contribution is 0.0955. The average Bonchev–Trinajstić information content (AvgIpc) is 2.75. The van der Waals surface area contributed by atoms with Crippen LogP contribution in [0, 0.1) is 0 Å². The maximum Gasteiger partial charge on any atom is 0.271 e. The first-order valence-electron chi connectivity index (χ1n) is 9.33. The Hall–Kier alpha value is -2.29. The molecule has 0 atom stereocenters. The lowest BCUT2D eigenvalue weighted by Gasteiger charge is -2.25. The number of nitrogens with zero attached hydrogens (tertiary/aromatic N) is 2. The van der Waals surface area contributed by atoms with Gasteiger partial charge in [-0.1, -0.05) is 42.8 Å². The summed E-state index contributed by atoms with van der Waals surface area (Å²) in [6.07, 6.45) is 6.10. The molecule has 1 saturated heterocycles. The Balaban J connectivity index is 1.67. The Morgan fingerprint density at radius 1 is 1.03 bits per heavy atom. The first kappa shape index (κ1) is 21.4. The number of nitrogens with one attached hydrogen (secondary N) is 1. The van der Waals surface area contributed by atoms with Gasteiger partial charge in [-0.25, -0.2) is 13.8 Å². The van der Waals surface area contributed by atoms with Gasteiger partial charge >= 0.3 is 0 Å². The van der Waals surface area contributed by atoms with E-state index in [1.54, 1.807) is 12.1 Å². The molecule has 2 aromatic carbocycles. The zero-order valence-corrected chi connectivity index (χ0v) is 18.2. The second-order valence-corrected chi connectivity index (χ2v) is 9.49. The van der Waals surface area contributed by atoms with Gasteiger partial charge in [-0.3, -0.25) is 4.79 Å². The van der Waals surface area contributed by atoms with E-state index in [1.165, 1.54) is 22.7 Å². The predicted molar refractivity (Wildman–Crippen MR) is 118 cm³/mol. The van der Waals surface area contributed by atoms with Crippen molar-refractivity contribution in [2.45, 2.75) is 24.2 Å². The first-order chi connectivity index (χ1) is 14.0. The van der Waals surface area contributed by atoms with Crippen LogP contribution in [0.25, 0.3) is 6.08 Å². The molecule has 1 N–H and O–H groups in total. The lowest BCUT2D eigenvalue weighted by Crippen LogP contribution is -2.35. The van der Waals surface area contributed by atoms with Crippen molar-refractivity contribution in [2.75, 3.05) is 13.1 Å². The van der Waals surface area contributed by atoms with Crippen molar-refractivity contribution in [2.24, 2.45) is 5.10 Å². The molecule has 1 aliphatic rings. The van der Waals surface area contributed by atoms with E-state index in [0.29, 0.717) is 17.6 Å². The van der Waals surface area contributed by atoms with E-state index in [4.69, 9.17) is 0 Å². The van der Waals surface area contributed by atoms with Gasteiger partial charge in [-0.15, -0.1) is 0 Å². The van der Waals surface area contributed by atoms with Gasteiger partial charge in [0.1, 0.15) is 0 Å². The van der Waals surface area contributed by atoms with Crippen molar-refractivity contribution in [3.8, 4) is 0 Å². The topological polar surface area (TPSA) is 78.8 Å². The van der Waals surface area contributed by atoms with Crippen molar-refractivity contribution in [3.05, 3.63) is 70.2 Å². The van der Waals surface area contributed by atoms with E-state index in [1.807, 2.05) is 36.4 Å². The fourth-order valence-electron chi connectivity index (χ4n) is 3.01. The molecule has 8 heteroatoms. The number of sulfonamides is 1. The van der Waals surface area contributed by atoms with Crippen molar-refractivity contribution in [3.63, 3.8) is 0 Å². The quantitative estimate of drug-likeness (QED) is 0.506. The smallest absolute Gasteiger partial charge is 0.267 e. The van der Waals surface area contributed by atoms with Crippen LogP contribution >= 0.6 is 15.9 Å². The van der Waals surface area contributed by atoms with Gasteiger partial charge in [0.15, 0.2) is 0 Å². The number of amides is 1. The molecule has 1 fully saturated rings. The summed E-state index contributed by atoms with van der Waals surface area (Å²) in [6, 6.07) is 15.7. The minimum absolute atomic E-state index is 0.126. The Morgan fingerprint density at radius 2 is 1.76 bits per heavy atom. The van der Waals surface area contributed by atoms with Crippen molar-refractivity contribution >= 4 is 44.2 Å². The van der Waals surface area contributed by atoms with Gasteiger partial charge in [-0.05, 0) is 58.6 Å². The maximum absolute atomic E-state index is 12.8. The summed E-state index contributed by atoms with van der Waals surface area (Å²) >= 11 is 3.38. The molecule has 1 heterocycles. The van der Waals surface area contributed by atoms with Crippen molar-refractivity contribution in [1.82, 2.24) is 9.73 Å². The maximum atomic E-state index is 12.8. The molecule has 0 aromatic heterocycles. The molecular formula is C21H22BrN3O3S. The van der Waals surface area contributed by atoms with Crippen LogP contribution < -0.4 is 5.43 Å². The summed E-state index contributed by atoms with van der Waals surface area (Å²) in [7, 11) is -3.59. The molecule has 0 spiro atoms. The number of rotatable bonds is 6. The first-order valence-corrected chi connectivity index (χ1v) is 11.6. The lowest BCUT2D eigenvalue weighted by atomic mass is 10.2. The summed E-state index contributed by atoms with van der Waals surface area (Å²) < 4.78 is 27.7. The zero-order chi connectivity index (χ0) is 20.7. The van der Waals surface area contributed by atoms with Crippen LogP contribution in [0.15, 0.2) is 69.1 Å². The van der Waals surface area contributed by atoms with Gasteiger partial charge < -0.3 is 0 Å².